The molecule has 3 aromatic rings. The molecule has 0 bridgehead atoms. The predicted octanol–water partition coefficient (Wildman–Crippen LogP) is 4.06. The number of hydrogen-bond donors (Lipinski definition) is 0. The van der Waals surface area contributed by atoms with Crippen LogP contribution >= 0.6 is 0 Å². The van der Waals surface area contributed by atoms with Gasteiger partial charge in [-0.1, -0.05) is 31.2 Å². The first kappa shape index (κ1) is 20.3. The van der Waals surface area contributed by atoms with E-state index in [2.05, 4.69) is 12.1 Å². The van der Waals surface area contributed by atoms with Crippen LogP contribution < -0.4 is 10.2 Å². The summed E-state index contributed by atoms with van der Waals surface area (Å²) >= 11 is 0. The average molecular weight is 408 g/mol. The maximum absolute atomic E-state index is 12.4. The van der Waals surface area contributed by atoms with Gasteiger partial charge in [0.15, 0.2) is 0 Å². The molecule has 0 saturated carbocycles. The Morgan fingerprint density at radius 1 is 1.17 bits per heavy atom. The average Bonchev–Trinajstić information content (AvgIpc) is 3.16. The third-order valence-electron chi connectivity index (χ3n) is 5.70. The number of likely N-dealkylation sites (tertiary alicyclic amines) is 1. The van der Waals surface area contributed by atoms with Crippen molar-refractivity contribution in [2.24, 2.45) is 5.92 Å². The standard InChI is InChI=1S/C24H28N2O4/c1-2-5-24(28)26-10-8-18(9-11-26)16-30-23-17-29-21(12-22(23)27)15-25-13-19-6-3-4-7-20(19)14-25/h3-4,6-7,12-14,17-18H,2,5,8-11,15-16H2,1H3. The van der Waals surface area contributed by atoms with E-state index in [1.807, 2.05) is 40.9 Å². The molecule has 0 atom stereocenters. The zero-order valence-electron chi connectivity index (χ0n) is 17.4. The Balaban J connectivity index is 1.31. The van der Waals surface area contributed by atoms with E-state index in [0.29, 0.717) is 31.3 Å². The van der Waals surface area contributed by atoms with Gasteiger partial charge in [-0.25, -0.2) is 0 Å². The molecule has 0 aliphatic carbocycles. The van der Waals surface area contributed by atoms with E-state index in [4.69, 9.17) is 9.15 Å². The van der Waals surface area contributed by atoms with Crippen LogP contribution in [0.2, 0.25) is 0 Å². The number of amides is 1. The third kappa shape index (κ3) is 4.75. The van der Waals surface area contributed by atoms with E-state index in [9.17, 15) is 9.59 Å². The van der Waals surface area contributed by atoms with E-state index in [1.165, 1.54) is 12.3 Å². The van der Waals surface area contributed by atoms with Crippen molar-refractivity contribution in [3.63, 3.8) is 0 Å². The first-order valence-electron chi connectivity index (χ1n) is 10.7. The van der Waals surface area contributed by atoms with Crippen molar-refractivity contribution in [2.45, 2.75) is 39.2 Å². The van der Waals surface area contributed by atoms with Gasteiger partial charge in [-0.05, 0) is 36.0 Å². The van der Waals surface area contributed by atoms with Gasteiger partial charge < -0.3 is 18.6 Å². The summed E-state index contributed by atoms with van der Waals surface area (Å²) in [7, 11) is 0. The SMILES string of the molecule is CCCC(=O)N1CCC(COc2coc(Cn3cc4ccccc4c3)cc2=O)CC1. The summed E-state index contributed by atoms with van der Waals surface area (Å²) in [6.07, 6.45) is 8.80. The number of benzene rings is 1. The van der Waals surface area contributed by atoms with Crippen molar-refractivity contribution in [2.75, 3.05) is 19.7 Å². The molecule has 6 nitrogen and oxygen atoms in total. The summed E-state index contributed by atoms with van der Waals surface area (Å²) < 4.78 is 13.4. The number of aromatic nitrogens is 1. The van der Waals surface area contributed by atoms with Crippen molar-refractivity contribution in [1.82, 2.24) is 9.47 Å². The Bertz CT molecular complexity index is 1030. The van der Waals surface area contributed by atoms with Crippen molar-refractivity contribution < 1.29 is 13.9 Å². The smallest absolute Gasteiger partial charge is 0.227 e. The first-order valence-corrected chi connectivity index (χ1v) is 10.7. The molecule has 0 spiro atoms. The molecule has 1 amide bonds. The Labute approximate surface area is 176 Å². The second kappa shape index (κ2) is 9.20. The minimum Gasteiger partial charge on any atom is -0.486 e. The fraction of sp³-hybridized carbons (Fsp3) is 0.417. The fourth-order valence-corrected chi connectivity index (χ4v) is 3.97. The summed E-state index contributed by atoms with van der Waals surface area (Å²) in [6, 6.07) is 9.63. The monoisotopic (exact) mass is 408 g/mol. The van der Waals surface area contributed by atoms with Gasteiger partial charge in [-0.15, -0.1) is 0 Å². The van der Waals surface area contributed by atoms with E-state index in [1.54, 1.807) is 0 Å². The van der Waals surface area contributed by atoms with Crippen LogP contribution in [0.3, 0.4) is 0 Å². The van der Waals surface area contributed by atoms with Crippen molar-refractivity contribution >= 4 is 16.7 Å². The van der Waals surface area contributed by atoms with Crippen LogP contribution in [0.5, 0.6) is 5.75 Å². The Morgan fingerprint density at radius 2 is 1.87 bits per heavy atom. The van der Waals surface area contributed by atoms with Crippen LogP contribution in [-0.2, 0) is 11.3 Å². The molecule has 158 valence electrons. The second-order valence-electron chi connectivity index (χ2n) is 8.02. The van der Waals surface area contributed by atoms with E-state index in [-0.39, 0.29) is 17.1 Å². The number of carbonyl (C=O) groups excluding carboxylic acids is 1. The van der Waals surface area contributed by atoms with Gasteiger partial charge in [0.2, 0.25) is 17.1 Å². The van der Waals surface area contributed by atoms with Gasteiger partial charge in [0, 0.05) is 38.0 Å². The lowest BCUT2D eigenvalue weighted by molar-refractivity contribution is -0.132. The fourth-order valence-electron chi connectivity index (χ4n) is 3.97. The molecule has 3 heterocycles. The lowest BCUT2D eigenvalue weighted by Crippen LogP contribution is -2.39. The maximum atomic E-state index is 12.4. The zero-order valence-corrected chi connectivity index (χ0v) is 17.4. The Kier molecular flexibility index (Phi) is 6.21. The molecule has 4 rings (SSSR count). The molecule has 0 radical (unpaired) electrons. The van der Waals surface area contributed by atoms with Crippen molar-refractivity contribution in [3.05, 3.63) is 65.0 Å². The highest BCUT2D eigenvalue weighted by atomic mass is 16.5. The molecule has 1 aromatic carbocycles. The number of ether oxygens (including phenoxy) is 1. The molecular formula is C24H28N2O4. The summed E-state index contributed by atoms with van der Waals surface area (Å²) in [5.74, 6) is 1.43. The molecule has 2 aromatic heterocycles. The topological polar surface area (TPSA) is 64.7 Å². The molecule has 1 fully saturated rings. The first-order chi connectivity index (χ1) is 14.6. The molecular weight excluding hydrogens is 380 g/mol. The van der Waals surface area contributed by atoms with Gasteiger partial charge >= 0.3 is 0 Å². The number of hydrogen-bond acceptors (Lipinski definition) is 4. The summed E-state index contributed by atoms with van der Waals surface area (Å²) in [4.78, 5) is 26.4. The van der Waals surface area contributed by atoms with Crippen LogP contribution in [0.15, 0.2) is 58.2 Å². The second-order valence-corrected chi connectivity index (χ2v) is 8.02. The van der Waals surface area contributed by atoms with Gasteiger partial charge in [0.05, 0.1) is 13.2 Å². The normalized spacial score (nSPS) is 14.9. The maximum Gasteiger partial charge on any atom is 0.227 e. The molecule has 30 heavy (non-hydrogen) atoms. The molecule has 1 saturated heterocycles. The minimum atomic E-state index is -0.163. The number of rotatable bonds is 7. The molecule has 1 aliphatic rings. The number of carbonyl (C=O) groups is 1. The summed E-state index contributed by atoms with van der Waals surface area (Å²) in [5.41, 5.74) is -0.163. The van der Waals surface area contributed by atoms with Crippen LogP contribution in [0.25, 0.3) is 10.8 Å². The number of nitrogens with zero attached hydrogens (tertiary/aromatic N) is 2. The zero-order chi connectivity index (χ0) is 20.9. The van der Waals surface area contributed by atoms with Crippen molar-refractivity contribution in [1.29, 1.82) is 0 Å². The van der Waals surface area contributed by atoms with E-state index < -0.39 is 0 Å². The van der Waals surface area contributed by atoms with Crippen LogP contribution in [0.1, 0.15) is 38.4 Å². The Hall–Kier alpha value is -3.02. The van der Waals surface area contributed by atoms with Crippen molar-refractivity contribution in [3.8, 4) is 5.75 Å². The van der Waals surface area contributed by atoms with Gasteiger partial charge in [0.1, 0.15) is 12.0 Å². The summed E-state index contributed by atoms with van der Waals surface area (Å²) in [5, 5.41) is 2.31. The Morgan fingerprint density at radius 3 is 2.50 bits per heavy atom. The lowest BCUT2D eigenvalue weighted by atomic mass is 9.97. The molecule has 0 N–H and O–H groups in total. The quantitative estimate of drug-likeness (QED) is 0.591. The van der Waals surface area contributed by atoms with E-state index >= 15 is 0 Å². The molecule has 0 unspecified atom stereocenters. The van der Waals surface area contributed by atoms with Crippen LogP contribution in [0.4, 0.5) is 0 Å². The predicted molar refractivity (Wildman–Crippen MR) is 116 cm³/mol. The minimum absolute atomic E-state index is 0.163. The van der Waals surface area contributed by atoms with Crippen LogP contribution in [0, 0.1) is 5.92 Å². The van der Waals surface area contributed by atoms with E-state index in [0.717, 1.165) is 43.1 Å². The number of piperidine rings is 1. The molecule has 1 aliphatic heterocycles. The lowest BCUT2D eigenvalue weighted by Gasteiger charge is -2.31. The summed E-state index contributed by atoms with van der Waals surface area (Å²) in [6.45, 7) is 4.53. The van der Waals surface area contributed by atoms with Gasteiger partial charge in [-0.2, -0.15) is 0 Å². The third-order valence-corrected chi connectivity index (χ3v) is 5.70. The molecule has 6 heteroatoms. The highest BCUT2D eigenvalue weighted by Crippen LogP contribution is 2.20. The number of fused-ring (bicyclic) bond motifs is 1. The van der Waals surface area contributed by atoms with Gasteiger partial charge in [-0.3, -0.25) is 9.59 Å². The highest BCUT2D eigenvalue weighted by Gasteiger charge is 2.23. The van der Waals surface area contributed by atoms with Crippen LogP contribution in [-0.4, -0.2) is 35.1 Å². The largest absolute Gasteiger partial charge is 0.486 e. The van der Waals surface area contributed by atoms with Gasteiger partial charge in [0.25, 0.3) is 0 Å². The highest BCUT2D eigenvalue weighted by molar-refractivity contribution is 5.82.